The van der Waals surface area contributed by atoms with Crippen LogP contribution in [0.15, 0.2) is 30.3 Å². The molecule has 2 N–H and O–H groups in total. The van der Waals surface area contributed by atoms with Gasteiger partial charge in [0.05, 0.1) is 31.7 Å². The van der Waals surface area contributed by atoms with E-state index in [9.17, 15) is 10.1 Å². The Morgan fingerprint density at radius 2 is 1.90 bits per heavy atom. The molecular formula is C23H29N4OS+. The van der Waals surface area contributed by atoms with E-state index in [4.69, 9.17) is 0 Å². The first kappa shape index (κ1) is 19.9. The highest BCUT2D eigenvalue weighted by Crippen LogP contribution is 2.36. The van der Waals surface area contributed by atoms with E-state index in [1.165, 1.54) is 33.9 Å². The Labute approximate surface area is 176 Å². The fraction of sp³-hybridized carbons (Fsp3) is 0.478. The Kier molecular flexibility index (Phi) is 6.17. The molecule has 0 radical (unpaired) electrons. The molecule has 0 unspecified atom stereocenters. The number of quaternary nitrogens is 1. The molecule has 0 bridgehead atoms. The molecule has 1 saturated heterocycles. The lowest BCUT2D eigenvalue weighted by molar-refractivity contribution is -0.914. The van der Waals surface area contributed by atoms with Gasteiger partial charge in [-0.25, -0.2) is 0 Å². The number of aryl methyl sites for hydroxylation is 1. The summed E-state index contributed by atoms with van der Waals surface area (Å²) in [4.78, 5) is 18.0. The number of hydrogen-bond donors (Lipinski definition) is 2. The minimum atomic E-state index is -0.124. The van der Waals surface area contributed by atoms with Gasteiger partial charge < -0.3 is 15.1 Å². The van der Waals surface area contributed by atoms with Crippen molar-refractivity contribution in [3.8, 4) is 6.07 Å². The van der Waals surface area contributed by atoms with Gasteiger partial charge in [0, 0.05) is 10.6 Å². The molecule has 6 heteroatoms. The Bertz CT molecular complexity index is 894. The van der Waals surface area contributed by atoms with E-state index < -0.39 is 0 Å². The van der Waals surface area contributed by atoms with Crippen LogP contribution in [-0.4, -0.2) is 38.1 Å². The number of para-hydroxylation sites is 1. The van der Waals surface area contributed by atoms with Crippen LogP contribution in [0.1, 0.15) is 42.2 Å². The minimum absolute atomic E-state index is 0.0288. The second-order valence-electron chi connectivity index (χ2n) is 8.07. The monoisotopic (exact) mass is 409 g/mol. The topological polar surface area (TPSA) is 60.6 Å². The highest BCUT2D eigenvalue weighted by Gasteiger charge is 2.30. The Morgan fingerprint density at radius 3 is 2.62 bits per heavy atom. The molecule has 1 aromatic carbocycles. The molecule has 4 rings (SSSR count). The van der Waals surface area contributed by atoms with E-state index >= 15 is 0 Å². The predicted octanol–water partition coefficient (Wildman–Crippen LogP) is 2.62. The van der Waals surface area contributed by atoms with Crippen LogP contribution in [0.2, 0.25) is 0 Å². The van der Waals surface area contributed by atoms with E-state index in [1.54, 1.807) is 11.3 Å². The number of thiophene rings is 1. The van der Waals surface area contributed by atoms with Crippen molar-refractivity contribution >= 4 is 27.9 Å². The fourth-order valence-corrected chi connectivity index (χ4v) is 5.72. The lowest BCUT2D eigenvalue weighted by Gasteiger charge is -2.36. The lowest BCUT2D eigenvalue weighted by atomic mass is 10.1. The molecule has 1 fully saturated rings. The van der Waals surface area contributed by atoms with Crippen molar-refractivity contribution < 1.29 is 9.69 Å². The molecule has 1 aromatic heterocycles. The molecule has 0 spiro atoms. The molecule has 1 atom stereocenters. The molecule has 2 aromatic rings. The SMILES string of the molecule is C[C@@H](C(=O)Nc1sc2c(c1C#N)CCCCC2)[NH+]1CCN(c2ccccc2)CC1. The van der Waals surface area contributed by atoms with Crippen LogP contribution in [0.3, 0.4) is 0 Å². The first-order valence-corrected chi connectivity index (χ1v) is 11.5. The van der Waals surface area contributed by atoms with Crippen molar-refractivity contribution in [3.05, 3.63) is 46.3 Å². The number of piperazine rings is 1. The summed E-state index contributed by atoms with van der Waals surface area (Å²) in [6.07, 6.45) is 5.54. The number of hydrogen-bond acceptors (Lipinski definition) is 4. The Hall–Kier alpha value is -2.36. The summed E-state index contributed by atoms with van der Waals surface area (Å²) in [6, 6.07) is 12.7. The quantitative estimate of drug-likeness (QED) is 0.763. The third kappa shape index (κ3) is 4.31. The van der Waals surface area contributed by atoms with Gasteiger partial charge >= 0.3 is 0 Å². The van der Waals surface area contributed by atoms with Gasteiger partial charge in [-0.1, -0.05) is 24.6 Å². The third-order valence-corrected chi connectivity index (χ3v) is 7.51. The van der Waals surface area contributed by atoms with E-state index in [0.717, 1.165) is 50.4 Å². The number of rotatable bonds is 4. The average molecular weight is 410 g/mol. The average Bonchev–Trinajstić information content (AvgIpc) is 2.92. The number of carbonyl (C=O) groups excluding carboxylic acids is 1. The van der Waals surface area contributed by atoms with Gasteiger partial charge in [-0.15, -0.1) is 11.3 Å². The summed E-state index contributed by atoms with van der Waals surface area (Å²) >= 11 is 1.62. The first-order chi connectivity index (χ1) is 14.2. The summed E-state index contributed by atoms with van der Waals surface area (Å²) < 4.78 is 0. The van der Waals surface area contributed by atoms with Gasteiger partial charge in [0.25, 0.3) is 5.91 Å². The molecule has 152 valence electrons. The summed E-state index contributed by atoms with van der Waals surface area (Å²) in [5.74, 6) is 0.0288. The number of amides is 1. The largest absolute Gasteiger partial charge is 0.360 e. The van der Waals surface area contributed by atoms with E-state index in [0.29, 0.717) is 5.56 Å². The molecule has 2 heterocycles. The Morgan fingerprint density at radius 1 is 1.17 bits per heavy atom. The lowest BCUT2D eigenvalue weighted by Crippen LogP contribution is -3.19. The molecule has 5 nitrogen and oxygen atoms in total. The molecule has 29 heavy (non-hydrogen) atoms. The summed E-state index contributed by atoms with van der Waals surface area (Å²) in [5, 5.41) is 13.6. The molecule has 1 aliphatic heterocycles. The maximum Gasteiger partial charge on any atom is 0.283 e. The Balaban J connectivity index is 1.39. The van der Waals surface area contributed by atoms with Crippen LogP contribution >= 0.6 is 11.3 Å². The number of benzene rings is 1. The summed E-state index contributed by atoms with van der Waals surface area (Å²) in [7, 11) is 0. The van der Waals surface area contributed by atoms with E-state index in [1.807, 2.05) is 13.0 Å². The van der Waals surface area contributed by atoms with Crippen molar-refractivity contribution in [2.45, 2.75) is 45.1 Å². The van der Waals surface area contributed by atoms with Crippen LogP contribution in [-0.2, 0) is 17.6 Å². The third-order valence-electron chi connectivity index (χ3n) is 6.30. The number of nitrogens with one attached hydrogen (secondary N) is 2. The zero-order chi connectivity index (χ0) is 20.2. The van der Waals surface area contributed by atoms with Crippen LogP contribution in [0.5, 0.6) is 0 Å². The van der Waals surface area contributed by atoms with Crippen LogP contribution in [0.25, 0.3) is 0 Å². The summed E-state index contributed by atoms with van der Waals surface area (Å²) in [5.41, 5.74) is 3.14. The van der Waals surface area contributed by atoms with Crippen LogP contribution < -0.4 is 15.1 Å². The normalized spacial score (nSPS) is 18.4. The van der Waals surface area contributed by atoms with Gasteiger partial charge in [-0.3, -0.25) is 4.79 Å². The van der Waals surface area contributed by atoms with Gasteiger partial charge in [-0.05, 0) is 50.3 Å². The standard InChI is InChI=1S/C23H28N4OS/c1-17(26-12-14-27(15-13-26)18-8-4-2-5-9-18)22(28)25-23-20(16-24)19-10-6-3-7-11-21(19)29-23/h2,4-5,8-9,17H,3,6-7,10-15H2,1H3,(H,25,28)/p+1/t17-/m0/s1. The van der Waals surface area contributed by atoms with Crippen LogP contribution in [0, 0.1) is 11.3 Å². The van der Waals surface area contributed by atoms with E-state index in [-0.39, 0.29) is 11.9 Å². The van der Waals surface area contributed by atoms with Gasteiger partial charge in [0.1, 0.15) is 11.1 Å². The maximum atomic E-state index is 13.0. The highest BCUT2D eigenvalue weighted by molar-refractivity contribution is 7.16. The number of carbonyl (C=O) groups is 1. The molecular weight excluding hydrogens is 380 g/mol. The summed E-state index contributed by atoms with van der Waals surface area (Å²) in [6.45, 7) is 5.79. The van der Waals surface area contributed by atoms with Gasteiger partial charge in [-0.2, -0.15) is 5.26 Å². The number of anilines is 2. The van der Waals surface area contributed by atoms with E-state index in [2.05, 4.69) is 40.6 Å². The zero-order valence-electron chi connectivity index (χ0n) is 17.0. The second kappa shape index (κ2) is 8.98. The zero-order valence-corrected chi connectivity index (χ0v) is 17.9. The first-order valence-electron chi connectivity index (χ1n) is 10.7. The van der Waals surface area contributed by atoms with Crippen molar-refractivity contribution in [3.63, 3.8) is 0 Å². The van der Waals surface area contributed by atoms with Gasteiger partial charge in [0.2, 0.25) is 0 Å². The number of nitriles is 1. The number of fused-ring (bicyclic) bond motifs is 1. The smallest absolute Gasteiger partial charge is 0.283 e. The van der Waals surface area contributed by atoms with Crippen molar-refractivity contribution in [1.82, 2.24) is 0 Å². The highest BCUT2D eigenvalue weighted by atomic mass is 32.1. The van der Waals surface area contributed by atoms with Crippen molar-refractivity contribution in [2.75, 3.05) is 36.4 Å². The molecule has 2 aliphatic rings. The van der Waals surface area contributed by atoms with Gasteiger partial charge in [0.15, 0.2) is 6.04 Å². The second-order valence-corrected chi connectivity index (χ2v) is 9.18. The van der Waals surface area contributed by atoms with Crippen LogP contribution in [0.4, 0.5) is 10.7 Å². The molecule has 1 amide bonds. The van der Waals surface area contributed by atoms with Crippen molar-refractivity contribution in [2.24, 2.45) is 0 Å². The molecule has 1 aliphatic carbocycles. The molecule has 0 saturated carbocycles. The fourth-order valence-electron chi connectivity index (χ4n) is 4.48. The van der Waals surface area contributed by atoms with Crippen molar-refractivity contribution in [1.29, 1.82) is 5.26 Å². The maximum absolute atomic E-state index is 13.0. The predicted molar refractivity (Wildman–Crippen MR) is 118 cm³/mol. The minimum Gasteiger partial charge on any atom is -0.360 e. The number of nitrogens with zero attached hydrogens (tertiary/aromatic N) is 2.